The number of hydrogen-bond acceptors (Lipinski definition) is 0. The topological polar surface area (TPSA) is 0 Å². The molecule has 1 fully saturated rings. The van der Waals surface area contributed by atoms with Crippen LogP contribution in [0.5, 0.6) is 0 Å². The van der Waals surface area contributed by atoms with Gasteiger partial charge in [0, 0.05) is 0 Å². The molecule has 0 heterocycles. The lowest BCUT2D eigenvalue weighted by Gasteiger charge is -2.16. The Hall–Kier alpha value is -0.260. The summed E-state index contributed by atoms with van der Waals surface area (Å²) in [6.07, 6.45) is 9.50. The Kier molecular flexibility index (Phi) is 3.84. The molecule has 0 nitrogen and oxygen atoms in total. The summed E-state index contributed by atoms with van der Waals surface area (Å²) in [5.41, 5.74) is 1.72. The molecule has 0 aromatic carbocycles. The van der Waals surface area contributed by atoms with Gasteiger partial charge in [-0.1, -0.05) is 38.3 Å². The molecule has 70 valence electrons. The van der Waals surface area contributed by atoms with Gasteiger partial charge in [-0.3, -0.25) is 0 Å². The van der Waals surface area contributed by atoms with Gasteiger partial charge in [0.1, 0.15) is 0 Å². The second-order valence-corrected chi connectivity index (χ2v) is 4.44. The minimum atomic E-state index is 0.830. The third-order valence-electron chi connectivity index (χ3n) is 2.89. The molecule has 12 heavy (non-hydrogen) atoms. The van der Waals surface area contributed by atoms with Crippen molar-refractivity contribution in [1.82, 2.24) is 0 Å². The first-order valence-electron chi connectivity index (χ1n) is 5.39. The van der Waals surface area contributed by atoms with Gasteiger partial charge in [-0.15, -0.1) is 0 Å². The Labute approximate surface area is 77.1 Å². The van der Waals surface area contributed by atoms with E-state index in [0.717, 1.165) is 11.8 Å². The SMILES string of the molecule is C/C=C(\CC(C)C)C1CCCC1. The third-order valence-corrected chi connectivity index (χ3v) is 2.89. The summed E-state index contributed by atoms with van der Waals surface area (Å²) in [7, 11) is 0. The second-order valence-electron chi connectivity index (χ2n) is 4.44. The van der Waals surface area contributed by atoms with Crippen molar-refractivity contribution in [2.45, 2.75) is 52.9 Å². The van der Waals surface area contributed by atoms with Crippen LogP contribution in [0.2, 0.25) is 0 Å². The molecule has 1 rings (SSSR count). The largest absolute Gasteiger partial charge is 0.0882 e. The molecule has 0 unspecified atom stereocenters. The van der Waals surface area contributed by atoms with E-state index >= 15 is 0 Å². The smallest absolute Gasteiger partial charge is 0.0203 e. The first kappa shape index (κ1) is 9.83. The molecule has 0 aromatic rings. The van der Waals surface area contributed by atoms with Gasteiger partial charge in [0.25, 0.3) is 0 Å². The van der Waals surface area contributed by atoms with E-state index < -0.39 is 0 Å². The molecule has 0 amide bonds. The highest BCUT2D eigenvalue weighted by Crippen LogP contribution is 2.33. The van der Waals surface area contributed by atoms with E-state index in [0.29, 0.717) is 0 Å². The van der Waals surface area contributed by atoms with Crippen LogP contribution >= 0.6 is 0 Å². The number of hydrogen-bond donors (Lipinski definition) is 0. The molecule has 0 saturated heterocycles. The first-order chi connectivity index (χ1) is 5.74. The maximum Gasteiger partial charge on any atom is -0.0203 e. The van der Waals surface area contributed by atoms with E-state index in [-0.39, 0.29) is 0 Å². The summed E-state index contributed by atoms with van der Waals surface area (Å²) in [6, 6.07) is 0. The molecule has 1 aliphatic carbocycles. The minimum absolute atomic E-state index is 0.830. The molecule has 1 saturated carbocycles. The van der Waals surface area contributed by atoms with Crippen LogP contribution in [0.4, 0.5) is 0 Å². The molecule has 0 bridgehead atoms. The van der Waals surface area contributed by atoms with Crippen LogP contribution in [0.25, 0.3) is 0 Å². The van der Waals surface area contributed by atoms with E-state index in [1.54, 1.807) is 5.57 Å². The minimum Gasteiger partial charge on any atom is -0.0882 e. The summed E-state index contributed by atoms with van der Waals surface area (Å²) in [5.74, 6) is 1.77. The van der Waals surface area contributed by atoms with Crippen molar-refractivity contribution >= 4 is 0 Å². The fourth-order valence-electron chi connectivity index (χ4n) is 2.29. The standard InChI is InChI=1S/C12H22/c1-4-11(9-10(2)3)12-7-5-6-8-12/h4,10,12H,5-9H2,1-3H3/b11-4+. The first-order valence-corrected chi connectivity index (χ1v) is 5.39. The maximum atomic E-state index is 2.36. The van der Waals surface area contributed by atoms with Crippen LogP contribution in [0.1, 0.15) is 52.9 Å². The highest BCUT2D eigenvalue weighted by molar-refractivity contribution is 5.07. The average molecular weight is 166 g/mol. The zero-order valence-corrected chi connectivity index (χ0v) is 8.77. The van der Waals surface area contributed by atoms with E-state index in [1.165, 1.54) is 32.1 Å². The van der Waals surface area contributed by atoms with Gasteiger partial charge in [0.15, 0.2) is 0 Å². The van der Waals surface area contributed by atoms with Gasteiger partial charge in [0.2, 0.25) is 0 Å². The Morgan fingerprint density at radius 3 is 2.33 bits per heavy atom. The monoisotopic (exact) mass is 166 g/mol. The lowest BCUT2D eigenvalue weighted by Crippen LogP contribution is -2.01. The van der Waals surface area contributed by atoms with Crippen molar-refractivity contribution in [3.05, 3.63) is 11.6 Å². The lowest BCUT2D eigenvalue weighted by atomic mass is 9.90. The van der Waals surface area contributed by atoms with E-state index in [4.69, 9.17) is 0 Å². The van der Waals surface area contributed by atoms with E-state index in [1.807, 2.05) is 0 Å². The molecule has 0 aliphatic heterocycles. The zero-order chi connectivity index (χ0) is 8.97. The van der Waals surface area contributed by atoms with Crippen LogP contribution in [-0.2, 0) is 0 Å². The third kappa shape index (κ3) is 2.66. The maximum absolute atomic E-state index is 2.36. The zero-order valence-electron chi connectivity index (χ0n) is 8.77. The van der Waals surface area contributed by atoms with Crippen LogP contribution in [-0.4, -0.2) is 0 Å². The predicted molar refractivity (Wildman–Crippen MR) is 55.2 cm³/mol. The van der Waals surface area contributed by atoms with Gasteiger partial charge < -0.3 is 0 Å². The predicted octanol–water partition coefficient (Wildman–Crippen LogP) is 4.17. The molecule has 0 aromatic heterocycles. The summed E-state index contributed by atoms with van der Waals surface area (Å²) in [6.45, 7) is 6.84. The number of allylic oxidation sites excluding steroid dienone is 2. The van der Waals surface area contributed by atoms with Gasteiger partial charge in [-0.25, -0.2) is 0 Å². The van der Waals surface area contributed by atoms with Crippen LogP contribution in [0.15, 0.2) is 11.6 Å². The van der Waals surface area contributed by atoms with Crippen molar-refractivity contribution in [1.29, 1.82) is 0 Å². The molecular formula is C12H22. The van der Waals surface area contributed by atoms with Crippen LogP contribution in [0.3, 0.4) is 0 Å². The lowest BCUT2D eigenvalue weighted by molar-refractivity contribution is 0.545. The molecule has 1 aliphatic rings. The molecule has 0 spiro atoms. The Morgan fingerprint density at radius 2 is 1.92 bits per heavy atom. The summed E-state index contributed by atoms with van der Waals surface area (Å²) in [5, 5.41) is 0. The number of rotatable bonds is 3. The molecule has 0 heteroatoms. The van der Waals surface area contributed by atoms with E-state index in [2.05, 4.69) is 26.8 Å². The van der Waals surface area contributed by atoms with Crippen molar-refractivity contribution in [2.24, 2.45) is 11.8 Å². The van der Waals surface area contributed by atoms with Crippen molar-refractivity contribution in [3.63, 3.8) is 0 Å². The quantitative estimate of drug-likeness (QED) is 0.552. The van der Waals surface area contributed by atoms with Crippen molar-refractivity contribution in [3.8, 4) is 0 Å². The normalized spacial score (nSPS) is 20.8. The fourth-order valence-corrected chi connectivity index (χ4v) is 2.29. The second kappa shape index (κ2) is 4.69. The van der Waals surface area contributed by atoms with Crippen molar-refractivity contribution in [2.75, 3.05) is 0 Å². The summed E-state index contributed by atoms with van der Waals surface area (Å²) < 4.78 is 0. The molecule has 0 N–H and O–H groups in total. The Balaban J connectivity index is 2.44. The van der Waals surface area contributed by atoms with Crippen molar-refractivity contribution < 1.29 is 0 Å². The highest BCUT2D eigenvalue weighted by atomic mass is 14.2. The highest BCUT2D eigenvalue weighted by Gasteiger charge is 2.18. The summed E-state index contributed by atoms with van der Waals surface area (Å²) >= 11 is 0. The molecule has 0 atom stereocenters. The van der Waals surface area contributed by atoms with Crippen LogP contribution < -0.4 is 0 Å². The van der Waals surface area contributed by atoms with Gasteiger partial charge in [0.05, 0.1) is 0 Å². The van der Waals surface area contributed by atoms with E-state index in [9.17, 15) is 0 Å². The van der Waals surface area contributed by atoms with Gasteiger partial charge in [-0.2, -0.15) is 0 Å². The Morgan fingerprint density at radius 1 is 1.33 bits per heavy atom. The molecular weight excluding hydrogens is 144 g/mol. The Bertz CT molecular complexity index is 147. The average Bonchev–Trinajstić information content (AvgIpc) is 2.51. The van der Waals surface area contributed by atoms with Gasteiger partial charge >= 0.3 is 0 Å². The molecule has 0 radical (unpaired) electrons. The van der Waals surface area contributed by atoms with Crippen LogP contribution in [0, 0.1) is 11.8 Å². The fraction of sp³-hybridized carbons (Fsp3) is 0.833. The van der Waals surface area contributed by atoms with Gasteiger partial charge in [-0.05, 0) is 38.0 Å². The summed E-state index contributed by atoms with van der Waals surface area (Å²) in [4.78, 5) is 0.